The van der Waals surface area contributed by atoms with Gasteiger partial charge in [-0.2, -0.15) is 5.26 Å². The van der Waals surface area contributed by atoms with Crippen molar-refractivity contribution in [3.8, 4) is 6.07 Å². The molecule has 214 valence electrons. The smallest absolute Gasteiger partial charge is 0.329 e. The number of carbonyl (C=O) groups excluding carboxylic acids is 3. The van der Waals surface area contributed by atoms with Crippen LogP contribution in [0.3, 0.4) is 0 Å². The number of hydrogen-bond acceptors (Lipinski definition) is 6. The standard InChI is InChI=1S/C28H29Cl2F2N3O5/c1-27(2,3)11-21-28(13-33,18-8-7-15(29)9-20(18)31)23(17-5-4-6-19(30)24(17)32)25(35(21)14-36)26(39)40-12-16(37)10-22(34)38/h4-9,14,16,21,23,25,37H,10-12H2,1-3H3,(H2,34,38)/t16-,21-,23-,25+,28-/m0/s1. The van der Waals surface area contributed by atoms with Gasteiger partial charge in [-0.25, -0.2) is 13.6 Å². The van der Waals surface area contributed by atoms with Gasteiger partial charge >= 0.3 is 5.97 Å². The molecule has 0 radical (unpaired) electrons. The predicted molar refractivity (Wildman–Crippen MR) is 143 cm³/mol. The minimum atomic E-state index is -2.02. The first-order valence-electron chi connectivity index (χ1n) is 12.3. The highest BCUT2D eigenvalue weighted by molar-refractivity contribution is 6.31. The number of ether oxygens (including phenoxy) is 1. The Morgan fingerprint density at radius 1 is 1.27 bits per heavy atom. The molecule has 2 aromatic rings. The molecule has 0 aromatic heterocycles. The van der Waals surface area contributed by atoms with Crippen LogP contribution in [0.1, 0.15) is 50.7 Å². The first-order valence-corrected chi connectivity index (χ1v) is 13.1. The second kappa shape index (κ2) is 12.1. The highest BCUT2D eigenvalue weighted by Gasteiger charge is 2.65. The molecule has 0 aliphatic carbocycles. The third-order valence-electron chi connectivity index (χ3n) is 6.92. The summed E-state index contributed by atoms with van der Waals surface area (Å²) < 4.78 is 36.7. The average molecular weight is 596 g/mol. The van der Waals surface area contributed by atoms with Gasteiger partial charge in [0.15, 0.2) is 0 Å². The molecule has 5 atom stereocenters. The largest absolute Gasteiger partial charge is 0.461 e. The van der Waals surface area contributed by atoms with Crippen molar-refractivity contribution in [1.82, 2.24) is 4.90 Å². The van der Waals surface area contributed by atoms with Gasteiger partial charge in [0.2, 0.25) is 12.3 Å². The monoisotopic (exact) mass is 595 g/mol. The second-order valence-electron chi connectivity index (χ2n) is 11.0. The van der Waals surface area contributed by atoms with E-state index < -0.39 is 71.5 Å². The first-order chi connectivity index (χ1) is 18.7. The molecule has 1 aliphatic heterocycles. The molecule has 40 heavy (non-hydrogen) atoms. The topological polar surface area (TPSA) is 134 Å². The Bertz CT molecular complexity index is 1350. The number of likely N-dealkylation sites (tertiary alicyclic amines) is 1. The van der Waals surface area contributed by atoms with Crippen LogP contribution in [0.2, 0.25) is 10.0 Å². The molecule has 3 rings (SSSR count). The summed E-state index contributed by atoms with van der Waals surface area (Å²) in [6, 6.07) is 6.96. The van der Waals surface area contributed by atoms with E-state index in [0.717, 1.165) is 11.0 Å². The van der Waals surface area contributed by atoms with E-state index in [2.05, 4.69) is 6.07 Å². The maximum atomic E-state index is 15.7. The van der Waals surface area contributed by atoms with E-state index in [1.165, 1.54) is 30.3 Å². The zero-order valence-corrected chi connectivity index (χ0v) is 23.5. The fourth-order valence-electron chi connectivity index (χ4n) is 5.41. The van der Waals surface area contributed by atoms with E-state index in [0.29, 0.717) is 6.41 Å². The number of nitriles is 1. The van der Waals surface area contributed by atoms with Crippen LogP contribution in [0.4, 0.5) is 8.78 Å². The molecule has 1 saturated heterocycles. The number of primary amides is 1. The number of aliphatic hydroxyl groups is 1. The van der Waals surface area contributed by atoms with Crippen molar-refractivity contribution in [3.05, 3.63) is 69.2 Å². The molecule has 12 heteroatoms. The van der Waals surface area contributed by atoms with Crippen LogP contribution in [0, 0.1) is 28.4 Å². The summed E-state index contributed by atoms with van der Waals surface area (Å²) in [6.07, 6.45) is -1.53. The van der Waals surface area contributed by atoms with Gasteiger partial charge in [0.05, 0.1) is 29.7 Å². The van der Waals surface area contributed by atoms with Crippen LogP contribution in [-0.4, -0.2) is 53.1 Å². The summed E-state index contributed by atoms with van der Waals surface area (Å²) in [7, 11) is 0. The number of carbonyl (C=O) groups is 3. The minimum absolute atomic E-state index is 0.0387. The predicted octanol–water partition coefficient (Wildman–Crippen LogP) is 4.24. The molecular weight excluding hydrogens is 567 g/mol. The molecule has 3 N–H and O–H groups in total. The summed E-state index contributed by atoms with van der Waals surface area (Å²) >= 11 is 12.1. The number of nitrogens with zero attached hydrogens (tertiary/aromatic N) is 2. The van der Waals surface area contributed by atoms with Crippen LogP contribution in [-0.2, 0) is 24.5 Å². The molecule has 8 nitrogen and oxygen atoms in total. The van der Waals surface area contributed by atoms with E-state index in [1.54, 1.807) is 0 Å². The maximum absolute atomic E-state index is 15.7. The summed E-state index contributed by atoms with van der Waals surface area (Å²) in [6.45, 7) is 4.82. The maximum Gasteiger partial charge on any atom is 0.329 e. The van der Waals surface area contributed by atoms with Gasteiger partial charge in [-0.3, -0.25) is 9.59 Å². The molecule has 2 amide bonds. The van der Waals surface area contributed by atoms with Gasteiger partial charge in [0, 0.05) is 16.5 Å². The molecule has 1 aliphatic rings. The van der Waals surface area contributed by atoms with Gasteiger partial charge in [0.25, 0.3) is 0 Å². The van der Waals surface area contributed by atoms with Crippen LogP contribution in [0.15, 0.2) is 36.4 Å². The Hall–Kier alpha value is -3.26. The van der Waals surface area contributed by atoms with Crippen molar-refractivity contribution in [2.45, 2.75) is 63.1 Å². The van der Waals surface area contributed by atoms with E-state index in [-0.39, 0.29) is 27.6 Å². The summed E-state index contributed by atoms with van der Waals surface area (Å²) in [5.41, 5.74) is 2.08. The first kappa shape index (κ1) is 31.3. The van der Waals surface area contributed by atoms with Crippen molar-refractivity contribution < 1.29 is 33.0 Å². The number of benzene rings is 2. The average Bonchev–Trinajstić information content (AvgIpc) is 3.12. The zero-order valence-electron chi connectivity index (χ0n) is 22.0. The number of aliphatic hydroxyl groups excluding tert-OH is 1. The molecule has 0 unspecified atom stereocenters. The van der Waals surface area contributed by atoms with E-state index in [1.807, 2.05) is 20.8 Å². The van der Waals surface area contributed by atoms with Gasteiger partial charge in [-0.1, -0.05) is 62.2 Å². The quantitative estimate of drug-likeness (QED) is 0.329. The Kier molecular flexibility index (Phi) is 9.45. The van der Waals surface area contributed by atoms with E-state index >= 15 is 8.78 Å². The van der Waals surface area contributed by atoms with Crippen molar-refractivity contribution in [2.24, 2.45) is 11.1 Å². The number of esters is 1. The fourth-order valence-corrected chi connectivity index (χ4v) is 5.75. The summed E-state index contributed by atoms with van der Waals surface area (Å²) in [4.78, 5) is 38.5. The van der Waals surface area contributed by atoms with Gasteiger partial charge in [0.1, 0.15) is 29.7 Å². The number of halogens is 4. The third kappa shape index (κ3) is 6.07. The third-order valence-corrected chi connectivity index (χ3v) is 7.44. The van der Waals surface area contributed by atoms with Crippen molar-refractivity contribution in [2.75, 3.05) is 6.61 Å². The Morgan fingerprint density at radius 2 is 1.95 bits per heavy atom. The molecule has 2 aromatic carbocycles. The van der Waals surface area contributed by atoms with Gasteiger partial charge < -0.3 is 20.5 Å². The van der Waals surface area contributed by atoms with Crippen molar-refractivity contribution in [3.63, 3.8) is 0 Å². The fraction of sp³-hybridized carbons (Fsp3) is 0.429. The highest BCUT2D eigenvalue weighted by Crippen LogP contribution is 2.56. The van der Waals surface area contributed by atoms with Gasteiger partial charge in [-0.05, 0) is 35.6 Å². The Balaban J connectivity index is 2.35. The van der Waals surface area contributed by atoms with E-state index in [9.17, 15) is 24.8 Å². The van der Waals surface area contributed by atoms with Crippen LogP contribution in [0.5, 0.6) is 0 Å². The highest BCUT2D eigenvalue weighted by atomic mass is 35.5. The molecule has 1 fully saturated rings. The number of amides is 2. The van der Waals surface area contributed by atoms with Crippen LogP contribution < -0.4 is 5.73 Å². The normalized spacial score (nSPS) is 23.4. The lowest BCUT2D eigenvalue weighted by Crippen LogP contribution is -2.46. The lowest BCUT2D eigenvalue weighted by atomic mass is 9.62. The molecular formula is C28H29Cl2F2N3O5. The summed E-state index contributed by atoms with van der Waals surface area (Å²) in [5.74, 6) is -5.31. The number of hydrogen-bond donors (Lipinski definition) is 2. The molecule has 1 heterocycles. The Morgan fingerprint density at radius 3 is 2.50 bits per heavy atom. The van der Waals surface area contributed by atoms with Crippen LogP contribution in [0.25, 0.3) is 0 Å². The zero-order chi connectivity index (χ0) is 30.0. The van der Waals surface area contributed by atoms with E-state index in [4.69, 9.17) is 33.7 Å². The van der Waals surface area contributed by atoms with Crippen LogP contribution >= 0.6 is 23.2 Å². The molecule has 0 saturated carbocycles. The lowest BCUT2D eigenvalue weighted by Gasteiger charge is -2.38. The second-order valence-corrected chi connectivity index (χ2v) is 11.8. The molecule has 0 spiro atoms. The minimum Gasteiger partial charge on any atom is -0.461 e. The lowest BCUT2D eigenvalue weighted by molar-refractivity contribution is -0.155. The Labute approximate surface area is 240 Å². The SMILES string of the molecule is CC(C)(C)C[C@@H]1N(C=O)[C@@H](C(=O)OC[C@@H](O)CC(N)=O)[C@H](c2cccc(Cl)c2F)[C@@]1(C#N)c1ccc(Cl)cc1F. The molecule has 0 bridgehead atoms. The number of nitrogens with two attached hydrogens (primary N) is 1. The summed E-state index contributed by atoms with van der Waals surface area (Å²) in [5, 5.41) is 20.6. The number of rotatable bonds is 9. The van der Waals surface area contributed by atoms with Crippen molar-refractivity contribution in [1.29, 1.82) is 5.26 Å². The van der Waals surface area contributed by atoms with Crippen molar-refractivity contribution >= 4 is 41.5 Å². The van der Waals surface area contributed by atoms with Gasteiger partial charge in [-0.15, -0.1) is 0 Å².